The second-order valence-electron chi connectivity index (χ2n) is 6.62. The Bertz CT molecular complexity index is 739. The van der Waals surface area contributed by atoms with Gasteiger partial charge in [-0.3, -0.25) is 9.59 Å². The molecule has 0 unspecified atom stereocenters. The van der Waals surface area contributed by atoms with Crippen LogP contribution in [0.3, 0.4) is 0 Å². The Morgan fingerprint density at radius 2 is 1.80 bits per heavy atom. The number of amides is 2. The van der Waals surface area contributed by atoms with E-state index in [2.05, 4.69) is 26.6 Å². The number of nitrogens with one attached hydrogen (secondary N) is 2. The van der Waals surface area contributed by atoms with Crippen molar-refractivity contribution < 1.29 is 9.59 Å². The quantitative estimate of drug-likeness (QED) is 0.748. The summed E-state index contributed by atoms with van der Waals surface area (Å²) in [5.74, 6) is 0.133. The van der Waals surface area contributed by atoms with Gasteiger partial charge in [-0.1, -0.05) is 37.5 Å². The lowest BCUT2D eigenvalue weighted by Crippen LogP contribution is -2.38. The van der Waals surface area contributed by atoms with Gasteiger partial charge >= 0.3 is 0 Å². The Balaban J connectivity index is 1.54. The van der Waals surface area contributed by atoms with Crippen molar-refractivity contribution >= 4 is 38.6 Å². The number of hydrogen-bond acceptors (Lipinski definition) is 2. The van der Waals surface area contributed by atoms with Gasteiger partial charge in [0.15, 0.2) is 0 Å². The van der Waals surface area contributed by atoms with Crippen LogP contribution < -0.4 is 10.6 Å². The Labute approximate surface area is 156 Å². The number of aryl methyl sites for hydroxylation is 1. The maximum atomic E-state index is 12.5. The Hall–Kier alpha value is -1.82. The molecule has 2 aromatic rings. The standard InChI is InChI=1S/C19H24BrN3O2/c1-23-15-10-6-5-9-14(15)16(20)17(23)19(25)22-12-11-21-18(24)13-7-3-2-4-8-13/h5-6,9-10,13H,2-4,7-8,11-12H2,1H3,(H,21,24)(H,22,25). The van der Waals surface area contributed by atoms with Crippen molar-refractivity contribution in [1.29, 1.82) is 0 Å². The van der Waals surface area contributed by atoms with Crippen LogP contribution >= 0.6 is 15.9 Å². The van der Waals surface area contributed by atoms with Crippen LogP contribution in [0, 0.1) is 5.92 Å². The van der Waals surface area contributed by atoms with Crippen LogP contribution in [0.2, 0.25) is 0 Å². The number of benzene rings is 1. The van der Waals surface area contributed by atoms with Gasteiger partial charge in [0.05, 0.1) is 4.47 Å². The molecule has 6 heteroatoms. The first-order valence-corrected chi connectivity index (χ1v) is 9.67. The van der Waals surface area contributed by atoms with Crippen LogP contribution in [0.25, 0.3) is 10.9 Å². The van der Waals surface area contributed by atoms with E-state index >= 15 is 0 Å². The van der Waals surface area contributed by atoms with Crippen LogP contribution in [0.1, 0.15) is 42.6 Å². The zero-order valence-corrected chi connectivity index (χ0v) is 16.1. The van der Waals surface area contributed by atoms with E-state index in [1.807, 2.05) is 35.9 Å². The molecular weight excluding hydrogens is 382 g/mol. The molecule has 2 amide bonds. The first kappa shape index (κ1) is 18.0. The lowest BCUT2D eigenvalue weighted by atomic mass is 9.89. The Morgan fingerprint density at radius 1 is 1.12 bits per heavy atom. The van der Waals surface area contributed by atoms with Gasteiger partial charge < -0.3 is 15.2 Å². The molecule has 0 aliphatic heterocycles. The van der Waals surface area contributed by atoms with Crippen LogP contribution in [0.15, 0.2) is 28.7 Å². The number of nitrogens with zero attached hydrogens (tertiary/aromatic N) is 1. The number of aromatic nitrogens is 1. The summed E-state index contributed by atoms with van der Waals surface area (Å²) in [5, 5.41) is 6.85. The predicted octanol–water partition coefficient (Wildman–Crippen LogP) is 3.37. The topological polar surface area (TPSA) is 63.1 Å². The summed E-state index contributed by atoms with van der Waals surface area (Å²) in [6.07, 6.45) is 5.50. The van der Waals surface area contributed by atoms with Crippen molar-refractivity contribution in [3.05, 3.63) is 34.4 Å². The highest BCUT2D eigenvalue weighted by Gasteiger charge is 2.21. The number of hydrogen-bond donors (Lipinski definition) is 2. The van der Waals surface area contributed by atoms with Crippen molar-refractivity contribution in [1.82, 2.24) is 15.2 Å². The molecule has 1 fully saturated rings. The fourth-order valence-corrected chi connectivity index (χ4v) is 4.33. The molecule has 1 heterocycles. The highest BCUT2D eigenvalue weighted by Crippen LogP contribution is 2.30. The third kappa shape index (κ3) is 3.89. The molecule has 0 saturated heterocycles. The normalized spacial score (nSPS) is 15.3. The molecule has 25 heavy (non-hydrogen) atoms. The minimum absolute atomic E-state index is 0.125. The molecule has 2 N–H and O–H groups in total. The molecule has 0 radical (unpaired) electrons. The summed E-state index contributed by atoms with van der Waals surface area (Å²) in [6.45, 7) is 0.883. The number of carbonyl (C=O) groups excluding carboxylic acids is 2. The average molecular weight is 406 g/mol. The average Bonchev–Trinajstić information content (AvgIpc) is 2.90. The van der Waals surface area contributed by atoms with Gasteiger partial charge in [0, 0.05) is 37.0 Å². The largest absolute Gasteiger partial charge is 0.354 e. The van der Waals surface area contributed by atoms with Crippen LogP contribution in [0.5, 0.6) is 0 Å². The van der Waals surface area contributed by atoms with E-state index in [0.29, 0.717) is 18.8 Å². The van der Waals surface area contributed by atoms with Crippen molar-refractivity contribution in [2.75, 3.05) is 13.1 Å². The second-order valence-corrected chi connectivity index (χ2v) is 7.41. The van der Waals surface area contributed by atoms with Crippen LogP contribution in [-0.2, 0) is 11.8 Å². The summed E-state index contributed by atoms with van der Waals surface area (Å²) < 4.78 is 2.68. The highest BCUT2D eigenvalue weighted by atomic mass is 79.9. The Morgan fingerprint density at radius 3 is 2.52 bits per heavy atom. The molecule has 1 aliphatic rings. The van der Waals surface area contributed by atoms with Crippen molar-refractivity contribution in [3.63, 3.8) is 0 Å². The van der Waals surface area contributed by atoms with Gasteiger partial charge in [0.2, 0.25) is 5.91 Å². The minimum Gasteiger partial charge on any atom is -0.354 e. The van der Waals surface area contributed by atoms with E-state index in [4.69, 9.17) is 0 Å². The number of carbonyl (C=O) groups is 2. The molecule has 1 saturated carbocycles. The van der Waals surface area contributed by atoms with Gasteiger partial charge in [-0.15, -0.1) is 0 Å². The molecule has 1 aliphatic carbocycles. The monoisotopic (exact) mass is 405 g/mol. The first-order valence-electron chi connectivity index (χ1n) is 8.88. The highest BCUT2D eigenvalue weighted by molar-refractivity contribution is 9.10. The summed E-state index contributed by atoms with van der Waals surface area (Å²) in [5.41, 5.74) is 1.60. The van der Waals surface area contributed by atoms with Gasteiger partial charge in [0.1, 0.15) is 5.69 Å². The maximum Gasteiger partial charge on any atom is 0.269 e. The van der Waals surface area contributed by atoms with E-state index in [1.165, 1.54) is 6.42 Å². The lowest BCUT2D eigenvalue weighted by Gasteiger charge is -2.20. The molecular formula is C19H24BrN3O2. The van der Waals surface area contributed by atoms with E-state index in [1.54, 1.807) is 0 Å². The van der Waals surface area contributed by atoms with E-state index < -0.39 is 0 Å². The van der Waals surface area contributed by atoms with E-state index in [9.17, 15) is 9.59 Å². The molecule has 0 bridgehead atoms. The SMILES string of the molecule is Cn1c(C(=O)NCCNC(=O)C2CCCCC2)c(Br)c2ccccc21. The van der Waals surface area contributed by atoms with E-state index in [0.717, 1.165) is 41.1 Å². The smallest absolute Gasteiger partial charge is 0.269 e. The fourth-order valence-electron chi connectivity index (χ4n) is 3.55. The molecule has 1 aromatic heterocycles. The summed E-state index contributed by atoms with van der Waals surface area (Å²) in [4.78, 5) is 24.6. The lowest BCUT2D eigenvalue weighted by molar-refractivity contribution is -0.125. The zero-order chi connectivity index (χ0) is 17.8. The molecule has 0 atom stereocenters. The minimum atomic E-state index is -0.141. The number of para-hydroxylation sites is 1. The second kappa shape index (κ2) is 8.04. The van der Waals surface area contributed by atoms with Crippen LogP contribution in [0.4, 0.5) is 0 Å². The first-order chi connectivity index (χ1) is 12.1. The number of rotatable bonds is 5. The van der Waals surface area contributed by atoms with Crippen molar-refractivity contribution in [2.24, 2.45) is 13.0 Å². The summed E-state index contributed by atoms with van der Waals surface area (Å²) in [7, 11) is 1.88. The molecule has 3 rings (SSSR count). The zero-order valence-electron chi connectivity index (χ0n) is 14.5. The summed E-state index contributed by atoms with van der Waals surface area (Å²) in [6, 6.07) is 7.88. The molecule has 134 valence electrons. The number of halogens is 1. The van der Waals surface area contributed by atoms with Crippen molar-refractivity contribution in [3.8, 4) is 0 Å². The third-order valence-electron chi connectivity index (χ3n) is 4.95. The third-order valence-corrected chi connectivity index (χ3v) is 5.75. The van der Waals surface area contributed by atoms with Gasteiger partial charge in [0.25, 0.3) is 5.91 Å². The number of fused-ring (bicyclic) bond motifs is 1. The van der Waals surface area contributed by atoms with Crippen LogP contribution in [-0.4, -0.2) is 29.5 Å². The van der Waals surface area contributed by atoms with Gasteiger partial charge in [-0.25, -0.2) is 0 Å². The molecule has 1 aromatic carbocycles. The maximum absolute atomic E-state index is 12.5. The van der Waals surface area contributed by atoms with Gasteiger partial charge in [-0.05, 0) is 34.8 Å². The Kier molecular flexibility index (Phi) is 5.78. The van der Waals surface area contributed by atoms with Gasteiger partial charge in [-0.2, -0.15) is 0 Å². The summed E-state index contributed by atoms with van der Waals surface area (Å²) >= 11 is 3.54. The van der Waals surface area contributed by atoms with Crippen molar-refractivity contribution in [2.45, 2.75) is 32.1 Å². The molecule has 0 spiro atoms. The molecule has 5 nitrogen and oxygen atoms in total. The predicted molar refractivity (Wildman–Crippen MR) is 103 cm³/mol. The fraction of sp³-hybridized carbons (Fsp3) is 0.474. The van der Waals surface area contributed by atoms with E-state index in [-0.39, 0.29) is 17.7 Å².